The standard InChI is InChI=1S/C46H50F3N7O5S/c1-25-29-6-4-7-31(39(29)43(60)56(25)35-14-15-38(57)54-41(35)59)50-17-16-27-20-45(21-27)23-55(24-45)22-26-10-12-28(13-11-26)42-53-34-18-30(44(2,3)61)33(19-36(34)62-42)52-40(58)32-8-5-9-37(51-32)46(47,48)49/h4-9,18-19,26-28,35,50,61H,1,10-17,20-24H2,2-3H3,(H,52,58)(H,54,57,59)/t26-,28-,35-/m1/s1. The van der Waals surface area contributed by atoms with E-state index in [4.69, 9.17) is 4.98 Å². The van der Waals surface area contributed by atoms with Gasteiger partial charge in [0.25, 0.3) is 11.8 Å². The zero-order valence-corrected chi connectivity index (χ0v) is 35.6. The number of fused-ring (bicyclic) bond motifs is 2. The van der Waals surface area contributed by atoms with Gasteiger partial charge in [-0.2, -0.15) is 13.2 Å². The SMILES string of the molecule is C=C1c2cccc(NCCC3CC4(C3)CN(C[C@H]3CC[C@H](c5nc6cc(C(C)(C)O)c(NC(=O)c7cccc(C(F)(F)F)n7)cc6s5)CC3)C4)c2C(=O)N1[C@@H]1CCC(=O)NC1=O. The number of anilines is 2. The lowest BCUT2D eigenvalue weighted by Gasteiger charge is -2.60. The largest absolute Gasteiger partial charge is 0.433 e. The van der Waals surface area contributed by atoms with Gasteiger partial charge in [0, 0.05) is 66.7 Å². The molecule has 1 spiro atoms. The lowest BCUT2D eigenvalue weighted by molar-refractivity contribution is -0.141. The molecule has 1 atom stereocenters. The molecule has 2 saturated heterocycles. The average Bonchev–Trinajstić information content (AvgIpc) is 3.73. The molecule has 4 amide bonds. The van der Waals surface area contributed by atoms with E-state index in [9.17, 15) is 37.5 Å². The van der Waals surface area contributed by atoms with Crippen molar-refractivity contribution >= 4 is 62.3 Å². The van der Waals surface area contributed by atoms with Crippen molar-refractivity contribution < 1.29 is 37.5 Å². The molecule has 4 aromatic rings. The summed E-state index contributed by atoms with van der Waals surface area (Å²) in [5.41, 5.74) is 1.44. The summed E-state index contributed by atoms with van der Waals surface area (Å²) in [4.78, 5) is 63.5. The molecule has 16 heteroatoms. The number of carbonyl (C=O) groups excluding carboxylic acids is 4. The van der Waals surface area contributed by atoms with Gasteiger partial charge in [-0.1, -0.05) is 24.8 Å². The van der Waals surface area contributed by atoms with Crippen LogP contribution in [0.2, 0.25) is 0 Å². The zero-order chi connectivity index (χ0) is 43.7. The molecule has 2 saturated carbocycles. The van der Waals surface area contributed by atoms with E-state index in [2.05, 4.69) is 32.4 Å². The molecule has 12 nitrogen and oxygen atoms in total. The van der Waals surface area contributed by atoms with E-state index in [1.165, 1.54) is 23.8 Å². The second-order valence-corrected chi connectivity index (χ2v) is 19.6. The van der Waals surface area contributed by atoms with Gasteiger partial charge >= 0.3 is 6.18 Å². The summed E-state index contributed by atoms with van der Waals surface area (Å²) in [5.74, 6) is -0.275. The maximum atomic E-state index is 13.6. The molecule has 2 aromatic heterocycles. The fourth-order valence-corrected chi connectivity index (χ4v) is 11.7. The van der Waals surface area contributed by atoms with Crippen LogP contribution in [0.25, 0.3) is 15.9 Å². The predicted molar refractivity (Wildman–Crippen MR) is 229 cm³/mol. The summed E-state index contributed by atoms with van der Waals surface area (Å²) >= 11 is 1.56. The minimum atomic E-state index is -4.69. The van der Waals surface area contributed by atoms with Gasteiger partial charge in [0.2, 0.25) is 11.8 Å². The van der Waals surface area contributed by atoms with Crippen LogP contribution in [0.5, 0.6) is 0 Å². The normalized spacial score (nSPS) is 23.0. The van der Waals surface area contributed by atoms with E-state index >= 15 is 0 Å². The van der Waals surface area contributed by atoms with E-state index < -0.39 is 35.3 Å². The molecule has 0 radical (unpaired) electrons. The number of likely N-dealkylation sites (tertiary alicyclic amines) is 1. The third-order valence-electron chi connectivity index (χ3n) is 13.5. The Morgan fingerprint density at radius 1 is 0.984 bits per heavy atom. The highest BCUT2D eigenvalue weighted by molar-refractivity contribution is 7.18. The monoisotopic (exact) mass is 869 g/mol. The molecule has 4 fully saturated rings. The van der Waals surface area contributed by atoms with Crippen LogP contribution in [0.1, 0.15) is 120 Å². The highest BCUT2D eigenvalue weighted by atomic mass is 32.1. The number of hydrogen-bond donors (Lipinski definition) is 4. The molecule has 3 aliphatic heterocycles. The first-order chi connectivity index (χ1) is 29.4. The summed E-state index contributed by atoms with van der Waals surface area (Å²) in [6, 6.07) is 11.6. The van der Waals surface area contributed by atoms with Crippen molar-refractivity contribution in [3.63, 3.8) is 0 Å². The number of aromatic nitrogens is 2. The zero-order valence-electron chi connectivity index (χ0n) is 34.7. The first kappa shape index (κ1) is 42.1. The number of alkyl halides is 3. The summed E-state index contributed by atoms with van der Waals surface area (Å²) in [6.45, 7) is 11.4. The van der Waals surface area contributed by atoms with Gasteiger partial charge in [-0.3, -0.25) is 29.4 Å². The Balaban J connectivity index is 0.735. The topological polar surface area (TPSA) is 157 Å². The molecular formula is C46H50F3N7O5S. The van der Waals surface area contributed by atoms with E-state index in [-0.39, 0.29) is 30.3 Å². The third-order valence-corrected chi connectivity index (χ3v) is 14.7. The maximum Gasteiger partial charge on any atom is 0.433 e. The van der Waals surface area contributed by atoms with E-state index in [0.717, 1.165) is 85.8 Å². The van der Waals surface area contributed by atoms with Crippen LogP contribution in [0, 0.1) is 17.3 Å². The Bertz CT molecular complexity index is 2480. The quantitative estimate of drug-likeness (QED) is 0.110. The Kier molecular flexibility index (Phi) is 10.8. The van der Waals surface area contributed by atoms with Crippen molar-refractivity contribution in [2.24, 2.45) is 17.3 Å². The number of nitrogens with zero attached hydrogens (tertiary/aromatic N) is 4. The molecule has 62 heavy (non-hydrogen) atoms. The van der Waals surface area contributed by atoms with E-state index in [0.29, 0.717) is 56.8 Å². The number of aliphatic hydroxyl groups is 1. The number of benzene rings is 2. The number of thiazole rings is 1. The third kappa shape index (κ3) is 8.12. The highest BCUT2D eigenvalue weighted by Gasteiger charge is 2.52. The van der Waals surface area contributed by atoms with Gasteiger partial charge < -0.3 is 20.6 Å². The summed E-state index contributed by atoms with van der Waals surface area (Å²) in [7, 11) is 0. The second kappa shape index (κ2) is 15.9. The van der Waals surface area contributed by atoms with E-state index in [1.54, 1.807) is 37.3 Å². The minimum absolute atomic E-state index is 0.187. The summed E-state index contributed by atoms with van der Waals surface area (Å²) in [6.07, 6.45) is 3.50. The molecule has 5 aliphatic rings. The summed E-state index contributed by atoms with van der Waals surface area (Å²) < 4.78 is 40.6. The average molecular weight is 870 g/mol. The van der Waals surface area contributed by atoms with Crippen LogP contribution in [-0.2, 0) is 21.4 Å². The molecule has 5 heterocycles. The van der Waals surface area contributed by atoms with Crippen molar-refractivity contribution in [3.8, 4) is 0 Å². The molecule has 2 aliphatic carbocycles. The number of amides is 4. The number of halogens is 3. The molecule has 9 rings (SSSR count). The molecule has 326 valence electrons. The Morgan fingerprint density at radius 2 is 1.73 bits per heavy atom. The number of imide groups is 1. The smallest absolute Gasteiger partial charge is 0.386 e. The number of rotatable bonds is 11. The van der Waals surface area contributed by atoms with Crippen LogP contribution >= 0.6 is 11.3 Å². The van der Waals surface area contributed by atoms with Crippen LogP contribution < -0.4 is 16.0 Å². The van der Waals surface area contributed by atoms with Crippen molar-refractivity contribution in [1.29, 1.82) is 0 Å². The van der Waals surface area contributed by atoms with Gasteiger partial charge in [-0.15, -0.1) is 11.3 Å². The van der Waals surface area contributed by atoms with Crippen molar-refractivity contribution in [2.45, 2.75) is 95.4 Å². The number of pyridine rings is 1. The number of piperidine rings is 1. The Hall–Kier alpha value is -5.19. The minimum Gasteiger partial charge on any atom is -0.386 e. The van der Waals surface area contributed by atoms with Crippen molar-refractivity contribution in [3.05, 3.63) is 88.2 Å². The van der Waals surface area contributed by atoms with Gasteiger partial charge in [0.05, 0.1) is 26.4 Å². The number of carbonyl (C=O) groups is 4. The van der Waals surface area contributed by atoms with E-state index in [1.807, 2.05) is 18.2 Å². The first-order valence-electron chi connectivity index (χ1n) is 21.4. The second-order valence-electron chi connectivity index (χ2n) is 18.5. The van der Waals surface area contributed by atoms with Crippen molar-refractivity contribution in [1.82, 2.24) is 25.1 Å². The number of hydrogen-bond acceptors (Lipinski definition) is 10. The first-order valence-corrected chi connectivity index (χ1v) is 22.2. The van der Waals surface area contributed by atoms with Gasteiger partial charge in [-0.25, -0.2) is 9.97 Å². The fraction of sp³-hybridized carbons (Fsp3) is 0.478. The van der Waals surface area contributed by atoms with Crippen molar-refractivity contribution in [2.75, 3.05) is 36.8 Å². The molecular weight excluding hydrogens is 820 g/mol. The lowest BCUT2D eigenvalue weighted by Crippen LogP contribution is -2.63. The predicted octanol–water partition coefficient (Wildman–Crippen LogP) is 7.91. The van der Waals surface area contributed by atoms with Crippen LogP contribution in [0.15, 0.2) is 55.1 Å². The fourth-order valence-electron chi connectivity index (χ4n) is 10.5. The van der Waals surface area contributed by atoms with Gasteiger partial charge in [-0.05, 0) is 113 Å². The Labute approximate surface area is 361 Å². The number of nitrogens with one attached hydrogen (secondary N) is 3. The highest BCUT2D eigenvalue weighted by Crippen LogP contribution is 2.54. The van der Waals surface area contributed by atoms with Crippen LogP contribution in [0.3, 0.4) is 0 Å². The molecule has 0 unspecified atom stereocenters. The maximum absolute atomic E-state index is 13.6. The van der Waals surface area contributed by atoms with Gasteiger partial charge in [0.15, 0.2) is 0 Å². The van der Waals surface area contributed by atoms with Crippen LogP contribution in [0.4, 0.5) is 24.5 Å². The summed E-state index contributed by atoms with van der Waals surface area (Å²) in [5, 5.41) is 20.6. The Morgan fingerprint density at radius 3 is 2.44 bits per heavy atom. The molecule has 0 bridgehead atoms. The molecule has 4 N–H and O–H groups in total. The molecule has 2 aromatic carbocycles. The van der Waals surface area contributed by atoms with Gasteiger partial charge in [0.1, 0.15) is 17.4 Å². The lowest BCUT2D eigenvalue weighted by atomic mass is 9.57. The van der Waals surface area contributed by atoms with Crippen LogP contribution in [-0.4, -0.2) is 80.7 Å².